The van der Waals surface area contributed by atoms with E-state index in [1.165, 1.54) is 0 Å². The summed E-state index contributed by atoms with van der Waals surface area (Å²) < 4.78 is 13.2. The third-order valence-corrected chi connectivity index (χ3v) is 4.54. The molecule has 0 amide bonds. The molecule has 3 aromatic rings. The Morgan fingerprint density at radius 1 is 1.31 bits per heavy atom. The van der Waals surface area contributed by atoms with E-state index in [0.717, 1.165) is 29.2 Å². The monoisotopic (exact) mass is 409 g/mol. The summed E-state index contributed by atoms with van der Waals surface area (Å²) in [7, 11) is 0. The van der Waals surface area contributed by atoms with E-state index in [4.69, 9.17) is 32.3 Å². The molecular weight excluding hydrogens is 390 g/mol. The van der Waals surface area contributed by atoms with Crippen molar-refractivity contribution in [1.82, 2.24) is 4.57 Å². The van der Waals surface area contributed by atoms with Crippen LogP contribution in [0.1, 0.15) is 18.9 Å². The lowest BCUT2D eigenvalue weighted by atomic mass is 10.2. The molecule has 0 spiro atoms. The SMILES string of the molecule is CCCOc1c(Cl)cc(-n2ccc3cc(OCC(C=N)=NN)ccc32)cc1C#N. The maximum atomic E-state index is 9.51. The minimum Gasteiger partial charge on any atom is -0.491 e. The van der Waals surface area contributed by atoms with Crippen molar-refractivity contribution in [3.63, 3.8) is 0 Å². The van der Waals surface area contributed by atoms with Crippen molar-refractivity contribution in [2.75, 3.05) is 13.2 Å². The van der Waals surface area contributed by atoms with E-state index in [9.17, 15) is 5.26 Å². The molecule has 0 aliphatic rings. The summed E-state index contributed by atoms with van der Waals surface area (Å²) in [4.78, 5) is 0. The molecular formula is C21H20ClN5O2. The number of aromatic nitrogens is 1. The fourth-order valence-electron chi connectivity index (χ4n) is 2.86. The topological polar surface area (TPSA) is 109 Å². The average molecular weight is 410 g/mol. The second-order valence-electron chi connectivity index (χ2n) is 6.22. The summed E-state index contributed by atoms with van der Waals surface area (Å²) in [6, 6.07) is 13.3. The normalized spacial score (nSPS) is 11.3. The first-order valence-corrected chi connectivity index (χ1v) is 9.37. The van der Waals surface area contributed by atoms with Crippen LogP contribution in [0.2, 0.25) is 5.02 Å². The van der Waals surface area contributed by atoms with Crippen LogP contribution in [0.15, 0.2) is 47.7 Å². The van der Waals surface area contributed by atoms with Crippen LogP contribution < -0.4 is 15.3 Å². The Morgan fingerprint density at radius 2 is 2.14 bits per heavy atom. The molecule has 0 bridgehead atoms. The zero-order valence-corrected chi connectivity index (χ0v) is 16.6. The third-order valence-electron chi connectivity index (χ3n) is 4.26. The molecule has 8 heteroatoms. The van der Waals surface area contributed by atoms with Gasteiger partial charge < -0.3 is 25.3 Å². The fraction of sp³-hybridized carbons (Fsp3) is 0.190. The number of hydrogen-bond acceptors (Lipinski definition) is 6. The number of halogens is 1. The van der Waals surface area contributed by atoms with Crippen LogP contribution in [-0.4, -0.2) is 29.7 Å². The van der Waals surface area contributed by atoms with E-state index in [1.54, 1.807) is 12.1 Å². The standard InChI is InChI=1S/C21H20ClN5O2/c1-2-7-28-21-15(11-23)8-17(10-19(21)22)27-6-5-14-9-18(3-4-20(14)27)29-13-16(12-24)26-25/h3-6,8-10,12,24H,2,7,13,25H2,1H3. The molecule has 0 saturated carbocycles. The highest BCUT2D eigenvalue weighted by Gasteiger charge is 2.13. The van der Waals surface area contributed by atoms with Crippen molar-refractivity contribution in [1.29, 1.82) is 10.7 Å². The maximum Gasteiger partial charge on any atom is 0.155 e. The Morgan fingerprint density at radius 3 is 2.83 bits per heavy atom. The molecule has 0 unspecified atom stereocenters. The lowest BCUT2D eigenvalue weighted by molar-refractivity contribution is 0.316. The third kappa shape index (κ3) is 4.33. The molecule has 2 aromatic carbocycles. The van der Waals surface area contributed by atoms with E-state index in [-0.39, 0.29) is 6.61 Å². The molecule has 0 saturated heterocycles. The Hall–Kier alpha value is -3.50. The van der Waals surface area contributed by atoms with Gasteiger partial charge in [-0.2, -0.15) is 10.4 Å². The average Bonchev–Trinajstić information content (AvgIpc) is 3.16. The highest BCUT2D eigenvalue weighted by atomic mass is 35.5. The molecule has 0 atom stereocenters. The Bertz CT molecular complexity index is 1110. The van der Waals surface area contributed by atoms with Crippen LogP contribution in [0.4, 0.5) is 0 Å². The zero-order chi connectivity index (χ0) is 20.8. The fourth-order valence-corrected chi connectivity index (χ4v) is 3.13. The van der Waals surface area contributed by atoms with Gasteiger partial charge in [0.05, 0.1) is 22.7 Å². The van der Waals surface area contributed by atoms with Crippen molar-refractivity contribution < 1.29 is 9.47 Å². The minimum absolute atomic E-state index is 0.118. The van der Waals surface area contributed by atoms with Crippen LogP contribution >= 0.6 is 11.6 Å². The van der Waals surface area contributed by atoms with Gasteiger partial charge in [0.15, 0.2) is 5.75 Å². The number of benzene rings is 2. The smallest absolute Gasteiger partial charge is 0.155 e. The van der Waals surface area contributed by atoms with Crippen LogP contribution in [0.3, 0.4) is 0 Å². The molecule has 148 valence electrons. The summed E-state index contributed by atoms with van der Waals surface area (Å²) in [6.07, 6.45) is 3.78. The summed E-state index contributed by atoms with van der Waals surface area (Å²) in [6.45, 7) is 2.61. The van der Waals surface area contributed by atoms with Gasteiger partial charge in [0.25, 0.3) is 0 Å². The van der Waals surface area contributed by atoms with E-state index < -0.39 is 0 Å². The largest absolute Gasteiger partial charge is 0.491 e. The van der Waals surface area contributed by atoms with E-state index in [2.05, 4.69) is 11.2 Å². The Labute approximate surface area is 173 Å². The first-order valence-electron chi connectivity index (χ1n) is 8.99. The molecule has 29 heavy (non-hydrogen) atoms. The summed E-state index contributed by atoms with van der Waals surface area (Å²) in [5.74, 6) is 6.24. The lowest BCUT2D eigenvalue weighted by Gasteiger charge is -2.13. The highest BCUT2D eigenvalue weighted by molar-refractivity contribution is 6.32. The van der Waals surface area contributed by atoms with Crippen molar-refractivity contribution in [2.45, 2.75) is 13.3 Å². The second kappa shape index (κ2) is 9.13. The van der Waals surface area contributed by atoms with Crippen molar-refractivity contribution in [2.24, 2.45) is 10.9 Å². The highest BCUT2D eigenvalue weighted by Crippen LogP contribution is 2.33. The Balaban J connectivity index is 1.94. The lowest BCUT2D eigenvalue weighted by Crippen LogP contribution is -2.14. The van der Waals surface area contributed by atoms with Crippen LogP contribution in [-0.2, 0) is 0 Å². The van der Waals surface area contributed by atoms with Gasteiger partial charge in [0, 0.05) is 23.5 Å². The minimum atomic E-state index is 0.118. The van der Waals surface area contributed by atoms with Gasteiger partial charge in [0.2, 0.25) is 0 Å². The van der Waals surface area contributed by atoms with Gasteiger partial charge in [0.1, 0.15) is 24.1 Å². The van der Waals surface area contributed by atoms with Gasteiger partial charge in [-0.25, -0.2) is 0 Å². The van der Waals surface area contributed by atoms with E-state index in [1.807, 2.05) is 42.0 Å². The predicted molar refractivity (Wildman–Crippen MR) is 115 cm³/mol. The molecule has 0 aliphatic heterocycles. The first-order chi connectivity index (χ1) is 14.1. The van der Waals surface area contributed by atoms with Gasteiger partial charge >= 0.3 is 0 Å². The zero-order valence-electron chi connectivity index (χ0n) is 15.9. The van der Waals surface area contributed by atoms with Crippen molar-refractivity contribution in [3.8, 4) is 23.3 Å². The summed E-state index contributed by atoms with van der Waals surface area (Å²) in [5.41, 5.74) is 2.43. The van der Waals surface area contributed by atoms with Gasteiger partial charge in [-0.1, -0.05) is 18.5 Å². The molecule has 0 aliphatic carbocycles. The number of rotatable bonds is 8. The quantitative estimate of drug-likeness (QED) is 0.328. The van der Waals surface area contributed by atoms with Crippen molar-refractivity contribution >= 4 is 34.4 Å². The summed E-state index contributed by atoms with van der Waals surface area (Å²) in [5, 5.41) is 21.5. The van der Waals surface area contributed by atoms with Gasteiger partial charge in [-0.05, 0) is 42.8 Å². The van der Waals surface area contributed by atoms with Crippen LogP contribution in [0.25, 0.3) is 16.6 Å². The van der Waals surface area contributed by atoms with Crippen LogP contribution in [0.5, 0.6) is 11.5 Å². The first kappa shape index (κ1) is 20.2. The summed E-state index contributed by atoms with van der Waals surface area (Å²) >= 11 is 6.39. The number of fused-ring (bicyclic) bond motifs is 1. The number of nitrogens with two attached hydrogens (primary N) is 1. The Kier molecular flexibility index (Phi) is 6.37. The number of nitrogens with one attached hydrogen (secondary N) is 1. The van der Waals surface area contributed by atoms with Gasteiger partial charge in [-0.15, -0.1) is 0 Å². The number of ether oxygens (including phenoxy) is 2. The molecule has 1 heterocycles. The van der Waals surface area contributed by atoms with E-state index >= 15 is 0 Å². The molecule has 3 N–H and O–H groups in total. The number of hydrogen-bond donors (Lipinski definition) is 2. The van der Waals surface area contributed by atoms with Gasteiger partial charge in [-0.3, -0.25) is 0 Å². The number of hydrazone groups is 1. The molecule has 1 aromatic heterocycles. The molecule has 0 radical (unpaired) electrons. The number of nitrogens with zero attached hydrogens (tertiary/aromatic N) is 3. The predicted octanol–water partition coefficient (Wildman–Crippen LogP) is 4.29. The maximum absolute atomic E-state index is 9.51. The number of nitriles is 1. The van der Waals surface area contributed by atoms with Crippen molar-refractivity contribution in [3.05, 3.63) is 53.2 Å². The molecule has 3 rings (SSSR count). The van der Waals surface area contributed by atoms with Crippen LogP contribution in [0, 0.1) is 16.7 Å². The van der Waals surface area contributed by atoms with E-state index in [0.29, 0.717) is 34.4 Å². The molecule has 7 nitrogen and oxygen atoms in total. The molecule has 0 fully saturated rings. The second-order valence-corrected chi connectivity index (χ2v) is 6.63.